The van der Waals surface area contributed by atoms with Crippen molar-refractivity contribution < 1.29 is 20.9 Å². The summed E-state index contributed by atoms with van der Waals surface area (Å²) in [5.74, 6) is -1.54. The molecule has 0 aliphatic carbocycles. The first-order valence-electron chi connectivity index (χ1n) is 12.7. The van der Waals surface area contributed by atoms with Gasteiger partial charge >= 0.3 is 0 Å². The highest BCUT2D eigenvalue weighted by Crippen LogP contribution is 2.29. The van der Waals surface area contributed by atoms with E-state index in [0.29, 0.717) is 0 Å². The van der Waals surface area contributed by atoms with Crippen molar-refractivity contribution in [1.82, 2.24) is 20.5 Å². The molecule has 36 heavy (non-hydrogen) atoms. The molecule has 1 aromatic carbocycles. The Hall–Kier alpha value is -2.78. The summed E-state index contributed by atoms with van der Waals surface area (Å²) in [5.41, 5.74) is 4.06. The highest BCUT2D eigenvalue weighted by Gasteiger charge is 2.44. The van der Waals surface area contributed by atoms with Crippen molar-refractivity contribution in [2.75, 3.05) is 6.54 Å². The van der Waals surface area contributed by atoms with Crippen LogP contribution in [0.4, 0.5) is 0 Å². The van der Waals surface area contributed by atoms with E-state index in [1.54, 1.807) is 25.2 Å². The molecule has 0 unspecified atom stereocenters. The molecular formula is C27H38N4O4S. The fraction of sp³-hybridized carbons (Fsp3) is 0.556. The number of benzene rings is 1. The van der Waals surface area contributed by atoms with Crippen molar-refractivity contribution in [1.29, 1.82) is 0 Å². The zero-order valence-corrected chi connectivity index (χ0v) is 22.9. The van der Waals surface area contributed by atoms with Crippen LogP contribution in [-0.2, 0) is 14.4 Å². The van der Waals surface area contributed by atoms with Crippen LogP contribution in [0.3, 0.4) is 0 Å². The Morgan fingerprint density at radius 3 is 2.33 bits per heavy atom. The van der Waals surface area contributed by atoms with Gasteiger partial charge in [0.15, 0.2) is 0 Å². The largest absolute Gasteiger partial charge is 0.391 e. The van der Waals surface area contributed by atoms with Gasteiger partial charge in [-0.15, -0.1) is 11.3 Å². The fourth-order valence-electron chi connectivity index (χ4n) is 4.19. The van der Waals surface area contributed by atoms with Crippen LogP contribution in [0.1, 0.15) is 66.6 Å². The van der Waals surface area contributed by atoms with Crippen LogP contribution in [0.25, 0.3) is 10.4 Å². The van der Waals surface area contributed by atoms with E-state index in [1.165, 1.54) is 4.90 Å². The number of nitrogens with zero attached hydrogens (tertiary/aromatic N) is 2. The minimum Gasteiger partial charge on any atom is -0.391 e. The average Bonchev–Trinajstić information content (AvgIpc) is 3.38. The van der Waals surface area contributed by atoms with Crippen LogP contribution in [-0.4, -0.2) is 57.4 Å². The Labute approximate surface area is 218 Å². The Morgan fingerprint density at radius 2 is 1.81 bits per heavy atom. The van der Waals surface area contributed by atoms with Gasteiger partial charge in [0.1, 0.15) is 12.1 Å². The number of amides is 3. The van der Waals surface area contributed by atoms with Crippen molar-refractivity contribution >= 4 is 29.1 Å². The molecule has 3 rings (SSSR count). The normalized spacial score (nSPS) is 22.2. The number of nitrogens with one attached hydrogen (secondary N) is 2. The number of hydrogen-bond donors (Lipinski definition) is 3. The predicted molar refractivity (Wildman–Crippen MR) is 141 cm³/mol. The van der Waals surface area contributed by atoms with Gasteiger partial charge in [0.05, 0.1) is 29.6 Å². The van der Waals surface area contributed by atoms with Crippen molar-refractivity contribution in [2.24, 2.45) is 11.3 Å². The summed E-state index contributed by atoms with van der Waals surface area (Å²) in [6.07, 6.45) is -2.17. The molecule has 1 aliphatic heterocycles. The third-order valence-corrected chi connectivity index (χ3v) is 7.42. The SMILES string of the molecule is [2H][C@@]1(O)C[C@@H](C(=O)N[C@@H](C)c2ccc(-c3scnc3C)cc2)N(C(=O)[C@@H](NC(=O)C(C)C)C(C)(C)C)C1. The minimum absolute atomic E-state index is 0.212. The molecule has 0 radical (unpaired) electrons. The molecule has 3 amide bonds. The van der Waals surface area contributed by atoms with E-state index < -0.39 is 35.4 Å². The van der Waals surface area contributed by atoms with Crippen LogP contribution in [0.2, 0.25) is 0 Å². The number of likely N-dealkylation sites (tertiary alicyclic amines) is 1. The van der Waals surface area contributed by atoms with E-state index in [0.717, 1.165) is 21.7 Å². The molecule has 196 valence electrons. The Bertz CT molecular complexity index is 1140. The lowest BCUT2D eigenvalue weighted by atomic mass is 9.85. The highest BCUT2D eigenvalue weighted by molar-refractivity contribution is 7.13. The number of carbonyl (C=O) groups is 3. The molecule has 4 atom stereocenters. The van der Waals surface area contributed by atoms with Gasteiger partial charge in [0.2, 0.25) is 17.7 Å². The summed E-state index contributed by atoms with van der Waals surface area (Å²) in [6, 6.07) is 5.54. The second-order valence-corrected chi connectivity index (χ2v) is 11.7. The van der Waals surface area contributed by atoms with Crippen molar-refractivity contribution in [2.45, 2.75) is 79.1 Å². The van der Waals surface area contributed by atoms with E-state index in [2.05, 4.69) is 15.6 Å². The van der Waals surface area contributed by atoms with Crippen LogP contribution >= 0.6 is 11.3 Å². The topological polar surface area (TPSA) is 112 Å². The van der Waals surface area contributed by atoms with Crippen molar-refractivity contribution in [3.63, 3.8) is 0 Å². The minimum atomic E-state index is -1.96. The third-order valence-electron chi connectivity index (χ3n) is 6.44. The lowest BCUT2D eigenvalue weighted by Gasteiger charge is -2.36. The van der Waals surface area contributed by atoms with Gasteiger partial charge in [0, 0.05) is 18.9 Å². The van der Waals surface area contributed by atoms with Gasteiger partial charge < -0.3 is 20.6 Å². The summed E-state index contributed by atoms with van der Waals surface area (Å²) >= 11 is 1.57. The van der Waals surface area contributed by atoms with Crippen LogP contribution in [0.15, 0.2) is 29.8 Å². The number of aromatic nitrogens is 1. The molecule has 8 nitrogen and oxygen atoms in total. The van der Waals surface area contributed by atoms with Crippen LogP contribution in [0, 0.1) is 18.3 Å². The molecule has 0 spiro atoms. The summed E-state index contributed by atoms with van der Waals surface area (Å²) in [4.78, 5) is 46.0. The average molecular weight is 516 g/mol. The molecule has 0 saturated carbocycles. The standard InChI is InChI=1S/C27H38N4O4S/c1-15(2)24(33)30-23(27(5,6)7)26(35)31-13-20(32)12-21(31)25(34)29-16(3)18-8-10-19(11-9-18)22-17(4)28-14-36-22/h8-11,14-16,20-21,23,32H,12-13H2,1-7H3,(H,29,34)(H,30,33)/t16-,20+,21-,23+/m0/s1/i20D. The monoisotopic (exact) mass is 515 g/mol. The van der Waals surface area contributed by atoms with Gasteiger partial charge in [0.25, 0.3) is 0 Å². The summed E-state index contributed by atoms with van der Waals surface area (Å²) in [6.45, 7) is 12.4. The fourth-order valence-corrected chi connectivity index (χ4v) is 5.00. The predicted octanol–water partition coefficient (Wildman–Crippen LogP) is 3.44. The number of rotatable bonds is 7. The van der Waals surface area contributed by atoms with E-state index >= 15 is 0 Å². The quantitative estimate of drug-likeness (QED) is 0.523. The second-order valence-electron chi connectivity index (χ2n) is 10.8. The maximum Gasteiger partial charge on any atom is 0.246 e. The van der Waals surface area contributed by atoms with Gasteiger partial charge in [-0.1, -0.05) is 58.9 Å². The first-order valence-corrected chi connectivity index (χ1v) is 13.1. The van der Waals surface area contributed by atoms with Gasteiger partial charge in [-0.3, -0.25) is 14.4 Å². The maximum absolute atomic E-state index is 13.6. The third kappa shape index (κ3) is 6.31. The number of β-amino-alcohol motifs (C(OH)–C–C–N with tert-alkyl or cyclic N) is 1. The molecule has 1 aliphatic rings. The smallest absolute Gasteiger partial charge is 0.246 e. The molecule has 2 aromatic rings. The van der Waals surface area contributed by atoms with E-state index in [9.17, 15) is 19.5 Å². The number of aryl methyl sites for hydroxylation is 1. The second kappa shape index (κ2) is 11.1. The highest BCUT2D eigenvalue weighted by atomic mass is 32.1. The molecular weight excluding hydrogens is 476 g/mol. The summed E-state index contributed by atoms with van der Waals surface area (Å²) < 4.78 is 8.19. The van der Waals surface area contributed by atoms with Crippen LogP contribution in [0.5, 0.6) is 0 Å². The van der Waals surface area contributed by atoms with E-state index in [-0.39, 0.29) is 30.8 Å². The summed E-state index contributed by atoms with van der Waals surface area (Å²) in [7, 11) is 0. The van der Waals surface area contributed by atoms with Gasteiger partial charge in [-0.25, -0.2) is 4.98 Å². The maximum atomic E-state index is 13.6. The van der Waals surface area contributed by atoms with Crippen molar-refractivity contribution in [3.05, 3.63) is 41.0 Å². The zero-order valence-electron chi connectivity index (χ0n) is 23.1. The van der Waals surface area contributed by atoms with Gasteiger partial charge in [-0.05, 0) is 30.4 Å². The Morgan fingerprint density at radius 1 is 1.17 bits per heavy atom. The Kier molecular flexibility index (Phi) is 8.10. The van der Waals surface area contributed by atoms with Gasteiger partial charge in [-0.2, -0.15) is 0 Å². The molecule has 3 N–H and O–H groups in total. The van der Waals surface area contributed by atoms with Crippen molar-refractivity contribution in [3.8, 4) is 10.4 Å². The molecule has 1 aromatic heterocycles. The van der Waals surface area contributed by atoms with E-state index in [1.807, 2.05) is 64.4 Å². The summed E-state index contributed by atoms with van der Waals surface area (Å²) in [5, 5.41) is 16.2. The number of aliphatic hydroxyl groups is 1. The number of thiazole rings is 1. The zero-order chi connectivity index (χ0) is 27.7. The van der Waals surface area contributed by atoms with Crippen LogP contribution < -0.4 is 10.6 Å². The number of hydrogen-bond acceptors (Lipinski definition) is 6. The lowest BCUT2D eigenvalue weighted by molar-refractivity contribution is -0.144. The molecule has 1 fully saturated rings. The Balaban J connectivity index is 1.77. The number of carbonyl (C=O) groups excluding carboxylic acids is 3. The first-order chi connectivity index (χ1) is 17.1. The first kappa shape index (κ1) is 26.3. The molecule has 1 saturated heterocycles. The lowest BCUT2D eigenvalue weighted by Crippen LogP contribution is -2.58. The molecule has 2 heterocycles. The van der Waals surface area contributed by atoms with E-state index in [4.69, 9.17) is 1.37 Å². The molecule has 0 bridgehead atoms. The molecule has 9 heteroatoms.